The van der Waals surface area contributed by atoms with Crippen molar-refractivity contribution >= 4 is 23.4 Å². The number of nitrogens with one attached hydrogen (secondary N) is 1. The second-order valence-electron chi connectivity index (χ2n) is 12.9. The Labute approximate surface area is 215 Å². The van der Waals surface area contributed by atoms with E-state index in [0.29, 0.717) is 43.0 Å². The van der Waals surface area contributed by atoms with E-state index in [2.05, 4.69) is 19.2 Å². The lowest BCUT2D eigenvalue weighted by Gasteiger charge is -2.67. The minimum Gasteiger partial charge on any atom is -0.480 e. The van der Waals surface area contributed by atoms with E-state index >= 15 is 0 Å². The third-order valence-electron chi connectivity index (χ3n) is 10.7. The van der Waals surface area contributed by atoms with Crippen LogP contribution >= 0.6 is 0 Å². The highest BCUT2D eigenvalue weighted by molar-refractivity contribution is 6.10. The van der Waals surface area contributed by atoms with Crippen molar-refractivity contribution in [1.29, 1.82) is 0 Å². The predicted octanol–water partition coefficient (Wildman–Crippen LogP) is 2.32. The molecule has 3 spiro atoms. The number of aliphatic hydroxyl groups is 1. The SMILES string of the molecule is CN1C(=O)[C@@]23CC[C@@H](O)C(=O)N2C[C@@]12C[C@@]1(C(=O)Nc4c1ccc1c4OC=CC(C)(C)O1)C(C)(C)[C@@H]2C3. The quantitative estimate of drug-likeness (QED) is 0.558. The largest absolute Gasteiger partial charge is 0.480 e. The molecule has 2 N–H and O–H groups in total. The molecule has 9 heteroatoms. The summed E-state index contributed by atoms with van der Waals surface area (Å²) in [6, 6.07) is 3.83. The Morgan fingerprint density at radius 2 is 1.89 bits per heavy atom. The van der Waals surface area contributed by atoms with Crippen LogP contribution in [0.1, 0.15) is 58.9 Å². The number of anilines is 1. The van der Waals surface area contributed by atoms with E-state index in [1.165, 1.54) is 0 Å². The summed E-state index contributed by atoms with van der Waals surface area (Å²) in [5.41, 5.74) is -2.27. The zero-order chi connectivity index (χ0) is 26.3. The molecule has 5 fully saturated rings. The molecule has 196 valence electrons. The summed E-state index contributed by atoms with van der Waals surface area (Å²) in [6.07, 6.45) is 3.94. The van der Waals surface area contributed by atoms with E-state index in [9.17, 15) is 19.5 Å². The van der Waals surface area contributed by atoms with Gasteiger partial charge >= 0.3 is 0 Å². The lowest BCUT2D eigenvalue weighted by molar-refractivity contribution is -0.206. The number of carbonyl (C=O) groups excluding carboxylic acids is 3. The van der Waals surface area contributed by atoms with Gasteiger partial charge in [0.2, 0.25) is 11.8 Å². The molecule has 5 atom stereocenters. The van der Waals surface area contributed by atoms with Crippen LogP contribution in [0.15, 0.2) is 24.5 Å². The molecule has 2 bridgehead atoms. The fourth-order valence-corrected chi connectivity index (χ4v) is 8.73. The van der Waals surface area contributed by atoms with E-state index in [0.717, 1.165) is 5.56 Å². The molecule has 1 aromatic rings. The van der Waals surface area contributed by atoms with Crippen LogP contribution in [0.25, 0.3) is 0 Å². The van der Waals surface area contributed by atoms with Crippen molar-refractivity contribution in [2.24, 2.45) is 11.3 Å². The maximum absolute atomic E-state index is 14.2. The average molecular weight is 508 g/mol. The smallest absolute Gasteiger partial charge is 0.252 e. The monoisotopic (exact) mass is 507 g/mol. The van der Waals surface area contributed by atoms with Crippen molar-refractivity contribution in [2.45, 2.75) is 81.6 Å². The topological polar surface area (TPSA) is 108 Å². The number of ether oxygens (including phenoxy) is 2. The third-order valence-corrected chi connectivity index (χ3v) is 10.7. The van der Waals surface area contributed by atoms with Crippen LogP contribution in [0, 0.1) is 11.3 Å². The van der Waals surface area contributed by atoms with E-state index in [4.69, 9.17) is 9.47 Å². The Kier molecular flexibility index (Phi) is 4.05. The summed E-state index contributed by atoms with van der Waals surface area (Å²) in [6.45, 7) is 8.47. The maximum atomic E-state index is 14.2. The molecule has 0 aromatic heterocycles. The number of aliphatic hydroxyl groups excluding tert-OH is 1. The van der Waals surface area contributed by atoms with Crippen LogP contribution < -0.4 is 14.8 Å². The zero-order valence-corrected chi connectivity index (χ0v) is 21.9. The molecule has 0 radical (unpaired) electrons. The minimum absolute atomic E-state index is 0.0199. The molecular weight excluding hydrogens is 474 g/mol. The number of piperazine rings is 1. The van der Waals surface area contributed by atoms with E-state index in [1.54, 1.807) is 11.2 Å². The first-order valence-corrected chi connectivity index (χ1v) is 13.1. The second-order valence-corrected chi connectivity index (χ2v) is 12.9. The van der Waals surface area contributed by atoms with Crippen molar-refractivity contribution in [2.75, 3.05) is 18.9 Å². The summed E-state index contributed by atoms with van der Waals surface area (Å²) in [5, 5.41) is 13.5. The first kappa shape index (κ1) is 23.1. The minimum atomic E-state index is -1.08. The van der Waals surface area contributed by atoms with Gasteiger partial charge in [0.25, 0.3) is 5.91 Å². The number of hydrogen-bond acceptors (Lipinski definition) is 6. The van der Waals surface area contributed by atoms with Crippen molar-refractivity contribution in [3.05, 3.63) is 30.0 Å². The number of likely N-dealkylation sites (N-methyl/N-ethyl adjacent to an activating group) is 1. The van der Waals surface area contributed by atoms with Gasteiger partial charge in [-0.05, 0) is 68.6 Å². The molecule has 6 aliphatic heterocycles. The lowest BCUT2D eigenvalue weighted by atomic mass is 9.56. The number of fused-ring (bicyclic) bond motifs is 5. The summed E-state index contributed by atoms with van der Waals surface area (Å²) < 4.78 is 12.2. The lowest BCUT2D eigenvalue weighted by Crippen LogP contribution is -2.82. The molecule has 8 rings (SSSR count). The summed E-state index contributed by atoms with van der Waals surface area (Å²) in [7, 11) is 1.83. The summed E-state index contributed by atoms with van der Waals surface area (Å²) in [4.78, 5) is 44.7. The van der Waals surface area contributed by atoms with Gasteiger partial charge in [-0.1, -0.05) is 19.9 Å². The maximum Gasteiger partial charge on any atom is 0.252 e. The van der Waals surface area contributed by atoms with Crippen LogP contribution in [0.3, 0.4) is 0 Å². The molecule has 0 unspecified atom stereocenters. The highest BCUT2D eigenvalue weighted by Gasteiger charge is 2.80. The number of benzene rings is 1. The molecule has 1 aromatic carbocycles. The fourth-order valence-electron chi connectivity index (χ4n) is 8.73. The van der Waals surface area contributed by atoms with Gasteiger partial charge in [-0.15, -0.1) is 0 Å². The van der Waals surface area contributed by atoms with Crippen LogP contribution in [0.4, 0.5) is 5.69 Å². The van der Waals surface area contributed by atoms with Gasteiger partial charge in [0, 0.05) is 13.6 Å². The van der Waals surface area contributed by atoms with Crippen molar-refractivity contribution in [3.8, 4) is 11.5 Å². The van der Waals surface area contributed by atoms with Gasteiger partial charge in [0.1, 0.15) is 17.2 Å². The van der Waals surface area contributed by atoms with Gasteiger partial charge in [-0.2, -0.15) is 0 Å². The van der Waals surface area contributed by atoms with Gasteiger partial charge in [0.15, 0.2) is 11.5 Å². The standard InChI is InChI=1S/C28H33N3O6/c1-24(2)10-11-36-20-17(37-24)7-6-15-19(20)29-22(34)28(15)13-27-14-31-21(33)16(32)8-9-26(31,23(35)30(27)5)12-18(27)25(28,3)4/h6-7,10-11,16,18,32H,8-9,12-14H2,1-5H3,(H,29,34)/t16-,18+,26+,27-,28-/m1/s1. The van der Waals surface area contributed by atoms with Gasteiger partial charge < -0.3 is 29.7 Å². The summed E-state index contributed by atoms with van der Waals surface area (Å²) in [5.74, 6) is 0.455. The Balaban J connectivity index is 1.41. The van der Waals surface area contributed by atoms with E-state index in [1.807, 2.05) is 44.0 Å². The highest BCUT2D eigenvalue weighted by Crippen LogP contribution is 2.72. The van der Waals surface area contributed by atoms with Gasteiger partial charge in [-0.3, -0.25) is 14.4 Å². The number of carbonyl (C=O) groups is 3. The molecule has 37 heavy (non-hydrogen) atoms. The number of piperidine rings is 3. The Hall–Kier alpha value is -3.07. The van der Waals surface area contributed by atoms with Gasteiger partial charge in [-0.25, -0.2) is 0 Å². The normalized spacial score (nSPS) is 39.9. The first-order valence-electron chi connectivity index (χ1n) is 13.1. The highest BCUT2D eigenvalue weighted by atomic mass is 16.5. The Morgan fingerprint density at radius 1 is 1.14 bits per heavy atom. The average Bonchev–Trinajstić information content (AvgIpc) is 3.15. The summed E-state index contributed by atoms with van der Waals surface area (Å²) >= 11 is 0. The molecule has 6 heterocycles. The Morgan fingerprint density at radius 3 is 2.65 bits per heavy atom. The molecule has 3 amide bonds. The Bertz CT molecular complexity index is 1340. The molecular formula is C28H33N3O6. The van der Waals surface area contributed by atoms with Crippen LogP contribution in [0.5, 0.6) is 11.5 Å². The zero-order valence-electron chi connectivity index (χ0n) is 21.9. The molecule has 1 saturated carbocycles. The van der Waals surface area contributed by atoms with E-state index < -0.39 is 33.6 Å². The first-order chi connectivity index (χ1) is 17.3. The fraction of sp³-hybridized carbons (Fsp3) is 0.607. The van der Waals surface area contributed by atoms with Crippen molar-refractivity contribution in [3.63, 3.8) is 0 Å². The van der Waals surface area contributed by atoms with Gasteiger partial charge in [0.05, 0.1) is 22.9 Å². The number of hydrogen-bond donors (Lipinski definition) is 2. The van der Waals surface area contributed by atoms with Crippen molar-refractivity contribution < 1.29 is 29.0 Å². The molecule has 7 aliphatic rings. The van der Waals surface area contributed by atoms with Crippen molar-refractivity contribution in [1.82, 2.24) is 9.80 Å². The third kappa shape index (κ3) is 2.38. The second kappa shape index (κ2) is 6.49. The van der Waals surface area contributed by atoms with Crippen LogP contribution in [-0.4, -0.2) is 69.0 Å². The number of nitrogens with zero attached hydrogens (tertiary/aromatic N) is 2. The van der Waals surface area contributed by atoms with Crippen LogP contribution in [0.2, 0.25) is 0 Å². The molecule has 1 aliphatic carbocycles. The number of rotatable bonds is 0. The molecule has 4 saturated heterocycles. The van der Waals surface area contributed by atoms with Crippen LogP contribution in [-0.2, 0) is 19.8 Å². The van der Waals surface area contributed by atoms with E-state index in [-0.39, 0.29) is 30.1 Å². The molecule has 9 nitrogen and oxygen atoms in total. The predicted molar refractivity (Wildman–Crippen MR) is 133 cm³/mol. The number of amides is 3.